The van der Waals surface area contributed by atoms with Gasteiger partial charge in [-0.05, 0) is 67.6 Å². The molecule has 0 aromatic heterocycles. The van der Waals surface area contributed by atoms with Gasteiger partial charge < -0.3 is 5.11 Å². The Morgan fingerprint density at radius 2 is 2.09 bits per heavy atom. The second-order valence-electron chi connectivity index (χ2n) is 8.28. The highest BCUT2D eigenvalue weighted by atomic mass is 16.3. The molecular formula is C21H36O. The van der Waals surface area contributed by atoms with Gasteiger partial charge in [0.15, 0.2) is 0 Å². The molecule has 2 rings (SSSR count). The van der Waals surface area contributed by atoms with E-state index in [4.69, 9.17) is 0 Å². The number of hydrogen-bond donors (Lipinski definition) is 1. The van der Waals surface area contributed by atoms with Crippen LogP contribution in [0.3, 0.4) is 0 Å². The minimum atomic E-state index is -0.0845. The first-order valence-corrected chi connectivity index (χ1v) is 9.42. The van der Waals surface area contributed by atoms with Gasteiger partial charge in [0, 0.05) is 0 Å². The average Bonchev–Trinajstić information content (AvgIpc) is 2.85. The highest BCUT2D eigenvalue weighted by molar-refractivity contribution is 5.26. The van der Waals surface area contributed by atoms with Crippen molar-refractivity contribution in [3.63, 3.8) is 0 Å². The maximum Gasteiger partial charge on any atom is 0.0579 e. The smallest absolute Gasteiger partial charge is 0.0579 e. The lowest BCUT2D eigenvalue weighted by atomic mass is 9.63. The standard InChI is InChI=1S/C21H36O/c1-6-20(4,7-2)14-8-10-16(3)17-12-13-18-19(22)11-9-15-21(17,18)5/h8,12,14,16,18-19,22H,6-7,9-11,13,15H2,1-5H3/b14-8+/t16-,18?,19-,21+/m0/s1. The van der Waals surface area contributed by atoms with Crippen molar-refractivity contribution in [1.29, 1.82) is 0 Å². The van der Waals surface area contributed by atoms with Gasteiger partial charge in [-0.2, -0.15) is 0 Å². The average molecular weight is 305 g/mol. The molecule has 0 aromatic rings. The van der Waals surface area contributed by atoms with Gasteiger partial charge in [-0.25, -0.2) is 0 Å². The van der Waals surface area contributed by atoms with Crippen LogP contribution in [-0.2, 0) is 0 Å². The summed E-state index contributed by atoms with van der Waals surface area (Å²) >= 11 is 0. The number of aliphatic hydroxyl groups excluding tert-OH is 1. The lowest BCUT2D eigenvalue weighted by Crippen LogP contribution is -2.39. The van der Waals surface area contributed by atoms with E-state index in [0.29, 0.717) is 17.3 Å². The summed E-state index contributed by atoms with van der Waals surface area (Å²) in [5.74, 6) is 1.08. The van der Waals surface area contributed by atoms with Crippen LogP contribution in [0.1, 0.15) is 79.6 Å². The Bertz CT molecular complexity index is 429. The van der Waals surface area contributed by atoms with Crippen LogP contribution in [0, 0.1) is 22.7 Å². The Kier molecular flexibility index (Phi) is 5.59. The molecule has 1 nitrogen and oxygen atoms in total. The molecule has 0 aromatic carbocycles. The van der Waals surface area contributed by atoms with Crippen molar-refractivity contribution in [2.45, 2.75) is 85.7 Å². The molecule has 0 saturated heterocycles. The van der Waals surface area contributed by atoms with Crippen molar-refractivity contribution < 1.29 is 5.11 Å². The van der Waals surface area contributed by atoms with Crippen molar-refractivity contribution in [2.24, 2.45) is 22.7 Å². The zero-order valence-corrected chi connectivity index (χ0v) is 15.4. The van der Waals surface area contributed by atoms with Gasteiger partial charge in [-0.1, -0.05) is 58.4 Å². The summed E-state index contributed by atoms with van der Waals surface area (Å²) in [6, 6.07) is 0. The fourth-order valence-corrected chi connectivity index (χ4v) is 4.69. The minimum Gasteiger partial charge on any atom is -0.393 e. The van der Waals surface area contributed by atoms with E-state index in [9.17, 15) is 5.11 Å². The van der Waals surface area contributed by atoms with Gasteiger partial charge >= 0.3 is 0 Å². The Morgan fingerprint density at radius 3 is 2.73 bits per heavy atom. The lowest BCUT2D eigenvalue weighted by molar-refractivity contribution is 0.00804. The van der Waals surface area contributed by atoms with Gasteiger partial charge in [0.2, 0.25) is 0 Å². The van der Waals surface area contributed by atoms with Crippen molar-refractivity contribution in [1.82, 2.24) is 0 Å². The molecule has 0 spiro atoms. The van der Waals surface area contributed by atoms with E-state index in [1.165, 1.54) is 25.7 Å². The van der Waals surface area contributed by atoms with Crippen LogP contribution < -0.4 is 0 Å². The van der Waals surface area contributed by atoms with E-state index in [2.05, 4.69) is 52.8 Å². The summed E-state index contributed by atoms with van der Waals surface area (Å²) in [6.07, 6.45) is 15.3. The molecule has 0 aliphatic heterocycles. The Labute approximate surface area is 137 Å². The zero-order chi connectivity index (χ0) is 16.4. The highest BCUT2D eigenvalue weighted by Crippen LogP contribution is 2.55. The van der Waals surface area contributed by atoms with Gasteiger partial charge in [-0.15, -0.1) is 0 Å². The first kappa shape index (κ1) is 17.8. The second-order valence-corrected chi connectivity index (χ2v) is 8.28. The van der Waals surface area contributed by atoms with Crippen molar-refractivity contribution in [3.8, 4) is 0 Å². The molecule has 1 saturated carbocycles. The third kappa shape index (κ3) is 3.35. The molecule has 1 unspecified atom stereocenters. The Balaban J connectivity index is 2.01. The number of allylic oxidation sites excluding steroid dienone is 4. The molecule has 0 heterocycles. The molecule has 22 heavy (non-hydrogen) atoms. The van der Waals surface area contributed by atoms with Gasteiger partial charge in [0.25, 0.3) is 0 Å². The molecule has 0 radical (unpaired) electrons. The van der Waals surface area contributed by atoms with Crippen molar-refractivity contribution >= 4 is 0 Å². The summed E-state index contributed by atoms with van der Waals surface area (Å²) in [4.78, 5) is 0. The van der Waals surface area contributed by atoms with Gasteiger partial charge in [0.05, 0.1) is 6.10 Å². The van der Waals surface area contributed by atoms with Crippen molar-refractivity contribution in [2.75, 3.05) is 0 Å². The quantitative estimate of drug-likeness (QED) is 0.606. The molecule has 1 heteroatoms. The van der Waals surface area contributed by atoms with Crippen LogP contribution in [0.25, 0.3) is 0 Å². The van der Waals surface area contributed by atoms with Crippen LogP contribution in [0.15, 0.2) is 23.8 Å². The topological polar surface area (TPSA) is 20.2 Å². The summed E-state index contributed by atoms with van der Waals surface area (Å²) in [7, 11) is 0. The molecular weight excluding hydrogens is 268 g/mol. The summed E-state index contributed by atoms with van der Waals surface area (Å²) in [5.41, 5.74) is 2.23. The molecule has 0 bridgehead atoms. The van der Waals surface area contributed by atoms with Crippen LogP contribution in [0.5, 0.6) is 0 Å². The van der Waals surface area contributed by atoms with E-state index in [1.807, 2.05) is 0 Å². The van der Waals surface area contributed by atoms with E-state index >= 15 is 0 Å². The lowest BCUT2D eigenvalue weighted by Gasteiger charge is -2.43. The fraction of sp³-hybridized carbons (Fsp3) is 0.810. The van der Waals surface area contributed by atoms with E-state index in [0.717, 1.165) is 19.3 Å². The minimum absolute atomic E-state index is 0.0845. The predicted molar refractivity (Wildman–Crippen MR) is 95.8 cm³/mol. The zero-order valence-electron chi connectivity index (χ0n) is 15.4. The molecule has 1 N–H and O–H groups in total. The normalized spacial score (nSPS) is 33.8. The van der Waals surface area contributed by atoms with Gasteiger partial charge in [-0.3, -0.25) is 0 Å². The maximum absolute atomic E-state index is 10.3. The maximum atomic E-state index is 10.3. The van der Waals surface area contributed by atoms with E-state index in [1.54, 1.807) is 5.57 Å². The van der Waals surface area contributed by atoms with Crippen LogP contribution in [-0.4, -0.2) is 11.2 Å². The van der Waals surface area contributed by atoms with Crippen molar-refractivity contribution in [3.05, 3.63) is 23.8 Å². The second kappa shape index (κ2) is 6.91. The van der Waals surface area contributed by atoms with Crippen LogP contribution >= 0.6 is 0 Å². The SMILES string of the molecule is CCC(C)(/C=C/C[C@H](C)C1=CCC2[C@@H](O)CCC[C@]12C)CC. The number of hydrogen-bond acceptors (Lipinski definition) is 1. The first-order valence-electron chi connectivity index (χ1n) is 9.42. The van der Waals surface area contributed by atoms with Gasteiger partial charge in [0.1, 0.15) is 0 Å². The third-order valence-corrected chi connectivity index (χ3v) is 6.89. The van der Waals surface area contributed by atoms with E-state index < -0.39 is 0 Å². The fourth-order valence-electron chi connectivity index (χ4n) is 4.69. The third-order valence-electron chi connectivity index (χ3n) is 6.89. The number of rotatable bonds is 6. The molecule has 0 amide bonds. The number of fused-ring (bicyclic) bond motifs is 1. The molecule has 4 atom stereocenters. The monoisotopic (exact) mass is 304 g/mol. The molecule has 126 valence electrons. The summed E-state index contributed by atoms with van der Waals surface area (Å²) in [5, 5.41) is 10.3. The van der Waals surface area contributed by atoms with Crippen LogP contribution in [0.2, 0.25) is 0 Å². The Hall–Kier alpha value is -0.560. The summed E-state index contributed by atoms with van der Waals surface area (Å²) < 4.78 is 0. The molecule has 2 aliphatic rings. The molecule has 2 aliphatic carbocycles. The van der Waals surface area contributed by atoms with E-state index in [-0.39, 0.29) is 11.5 Å². The Morgan fingerprint density at radius 1 is 1.41 bits per heavy atom. The number of aliphatic hydroxyl groups is 1. The highest BCUT2D eigenvalue weighted by Gasteiger charge is 2.47. The largest absolute Gasteiger partial charge is 0.393 e. The van der Waals surface area contributed by atoms with Crippen LogP contribution in [0.4, 0.5) is 0 Å². The predicted octanol–water partition coefficient (Wildman–Crippen LogP) is 5.89. The molecule has 1 fully saturated rings. The summed E-state index contributed by atoms with van der Waals surface area (Å²) in [6.45, 7) is 11.7. The first-order chi connectivity index (χ1) is 10.4.